The minimum atomic E-state index is -0.931. The van der Waals surface area contributed by atoms with E-state index in [4.69, 9.17) is 5.73 Å². The summed E-state index contributed by atoms with van der Waals surface area (Å²) in [6.07, 6.45) is 0. The van der Waals surface area contributed by atoms with E-state index in [1.54, 1.807) is 30.3 Å². The van der Waals surface area contributed by atoms with E-state index in [1.165, 1.54) is 11.9 Å². The fraction of sp³-hybridized carbons (Fsp3) is 0.0714. The van der Waals surface area contributed by atoms with Crippen molar-refractivity contribution in [3.63, 3.8) is 0 Å². The first kappa shape index (κ1) is 13.0. The highest BCUT2D eigenvalue weighted by molar-refractivity contribution is 6.06. The molecule has 0 saturated heterocycles. The van der Waals surface area contributed by atoms with E-state index in [1.807, 2.05) is 0 Å². The summed E-state index contributed by atoms with van der Waals surface area (Å²) in [6, 6.07) is 10.4. The van der Waals surface area contributed by atoms with Gasteiger partial charge in [-0.15, -0.1) is 0 Å². The Labute approximate surface area is 109 Å². The summed E-state index contributed by atoms with van der Waals surface area (Å²) < 4.78 is 26.7. The van der Waals surface area contributed by atoms with Crippen LogP contribution in [0, 0.1) is 11.6 Å². The molecule has 0 aromatic heterocycles. The van der Waals surface area contributed by atoms with Crippen LogP contribution in [0.3, 0.4) is 0 Å². The maximum absolute atomic E-state index is 13.6. The molecule has 2 N–H and O–H groups in total. The molecule has 2 aromatic rings. The second-order valence-corrected chi connectivity index (χ2v) is 4.05. The van der Waals surface area contributed by atoms with Crippen molar-refractivity contribution in [1.29, 1.82) is 0 Å². The molecule has 0 aliphatic heterocycles. The molecule has 0 aliphatic carbocycles. The van der Waals surface area contributed by atoms with Crippen LogP contribution in [0.2, 0.25) is 0 Å². The molecule has 0 atom stereocenters. The Balaban J connectivity index is 2.37. The van der Waals surface area contributed by atoms with Gasteiger partial charge < -0.3 is 10.6 Å². The van der Waals surface area contributed by atoms with Gasteiger partial charge in [-0.05, 0) is 18.2 Å². The van der Waals surface area contributed by atoms with E-state index < -0.39 is 17.5 Å². The van der Waals surface area contributed by atoms with Crippen molar-refractivity contribution in [3.8, 4) is 0 Å². The van der Waals surface area contributed by atoms with E-state index in [0.29, 0.717) is 11.8 Å². The maximum Gasteiger partial charge on any atom is 0.261 e. The molecule has 3 nitrogen and oxygen atoms in total. The fourth-order valence-corrected chi connectivity index (χ4v) is 1.68. The lowest BCUT2D eigenvalue weighted by atomic mass is 10.1. The Morgan fingerprint density at radius 1 is 1.11 bits per heavy atom. The molecule has 0 radical (unpaired) electrons. The zero-order valence-electron chi connectivity index (χ0n) is 10.2. The van der Waals surface area contributed by atoms with Gasteiger partial charge in [-0.1, -0.05) is 18.2 Å². The van der Waals surface area contributed by atoms with E-state index in [2.05, 4.69) is 0 Å². The minimum Gasteiger partial charge on any atom is -0.396 e. The molecule has 0 aliphatic rings. The minimum absolute atomic E-state index is 0.258. The second kappa shape index (κ2) is 5.06. The van der Waals surface area contributed by atoms with Crippen LogP contribution in [0.5, 0.6) is 0 Å². The number of hydrogen-bond acceptors (Lipinski definition) is 2. The number of anilines is 2. The monoisotopic (exact) mass is 262 g/mol. The summed E-state index contributed by atoms with van der Waals surface area (Å²) in [5.41, 5.74) is 5.44. The van der Waals surface area contributed by atoms with Gasteiger partial charge in [-0.25, -0.2) is 8.78 Å². The van der Waals surface area contributed by atoms with Gasteiger partial charge in [0.05, 0.1) is 11.3 Å². The van der Waals surface area contributed by atoms with Crippen molar-refractivity contribution in [2.75, 3.05) is 17.7 Å². The number of nitrogen functional groups attached to an aromatic ring is 1. The number of para-hydroxylation sites is 1. The number of carbonyl (C=O) groups is 1. The third kappa shape index (κ3) is 2.54. The number of hydrogen-bond donors (Lipinski definition) is 1. The van der Waals surface area contributed by atoms with Gasteiger partial charge in [0.15, 0.2) is 0 Å². The van der Waals surface area contributed by atoms with Crippen LogP contribution in [0.1, 0.15) is 10.4 Å². The van der Waals surface area contributed by atoms with Crippen molar-refractivity contribution in [3.05, 3.63) is 59.7 Å². The Morgan fingerprint density at radius 2 is 1.74 bits per heavy atom. The summed E-state index contributed by atoms with van der Waals surface area (Å²) in [5.74, 6) is -2.40. The number of carbonyl (C=O) groups excluding carboxylic acids is 1. The average Bonchev–Trinajstić information content (AvgIpc) is 2.42. The van der Waals surface area contributed by atoms with Gasteiger partial charge in [0.2, 0.25) is 0 Å². The molecule has 5 heteroatoms. The van der Waals surface area contributed by atoms with Gasteiger partial charge in [-0.3, -0.25) is 4.79 Å². The van der Waals surface area contributed by atoms with Crippen LogP contribution in [0.15, 0.2) is 42.5 Å². The predicted octanol–water partition coefficient (Wildman–Crippen LogP) is 2.82. The number of nitrogens with two attached hydrogens (primary N) is 1. The number of nitrogens with zero attached hydrogens (tertiary/aromatic N) is 1. The highest BCUT2D eigenvalue weighted by atomic mass is 19.1. The Bertz CT molecular complexity index is 614. The lowest BCUT2D eigenvalue weighted by molar-refractivity contribution is 0.0989. The summed E-state index contributed by atoms with van der Waals surface area (Å²) in [6.45, 7) is 0. The van der Waals surface area contributed by atoms with Crippen LogP contribution in [-0.4, -0.2) is 13.0 Å². The average molecular weight is 262 g/mol. The molecule has 0 saturated carbocycles. The van der Waals surface area contributed by atoms with Crippen molar-refractivity contribution in [1.82, 2.24) is 0 Å². The number of benzene rings is 2. The highest BCUT2D eigenvalue weighted by Gasteiger charge is 2.19. The van der Waals surface area contributed by atoms with Crippen molar-refractivity contribution >= 4 is 17.3 Å². The van der Waals surface area contributed by atoms with E-state index in [-0.39, 0.29) is 11.3 Å². The fourth-order valence-electron chi connectivity index (χ4n) is 1.68. The SMILES string of the molecule is CN(C(=O)c1cc(N)c(F)cc1F)c1ccccc1. The summed E-state index contributed by atoms with van der Waals surface area (Å²) >= 11 is 0. The third-order valence-corrected chi connectivity index (χ3v) is 2.76. The van der Waals surface area contributed by atoms with Crippen LogP contribution >= 0.6 is 0 Å². The number of amides is 1. The van der Waals surface area contributed by atoms with Crippen molar-refractivity contribution < 1.29 is 13.6 Å². The van der Waals surface area contributed by atoms with E-state index in [9.17, 15) is 13.6 Å². The van der Waals surface area contributed by atoms with Crippen LogP contribution < -0.4 is 10.6 Å². The van der Waals surface area contributed by atoms with Gasteiger partial charge in [-0.2, -0.15) is 0 Å². The zero-order valence-corrected chi connectivity index (χ0v) is 10.2. The highest BCUT2D eigenvalue weighted by Crippen LogP contribution is 2.20. The lowest BCUT2D eigenvalue weighted by Gasteiger charge is -2.18. The first-order chi connectivity index (χ1) is 9.00. The summed E-state index contributed by atoms with van der Waals surface area (Å²) in [5, 5.41) is 0. The van der Waals surface area contributed by atoms with Crippen LogP contribution in [0.4, 0.5) is 20.2 Å². The van der Waals surface area contributed by atoms with Gasteiger partial charge in [0.1, 0.15) is 11.6 Å². The third-order valence-electron chi connectivity index (χ3n) is 2.76. The molecular formula is C14H12F2N2O. The number of rotatable bonds is 2. The molecular weight excluding hydrogens is 250 g/mol. The number of halogens is 2. The quantitative estimate of drug-likeness (QED) is 0.846. The molecule has 1 amide bonds. The topological polar surface area (TPSA) is 46.3 Å². The Kier molecular flexibility index (Phi) is 3.46. The Hall–Kier alpha value is -2.43. The first-order valence-electron chi connectivity index (χ1n) is 5.58. The molecule has 98 valence electrons. The van der Waals surface area contributed by atoms with Crippen molar-refractivity contribution in [2.24, 2.45) is 0 Å². The van der Waals surface area contributed by atoms with Gasteiger partial charge >= 0.3 is 0 Å². The smallest absolute Gasteiger partial charge is 0.261 e. The molecule has 0 spiro atoms. The second-order valence-electron chi connectivity index (χ2n) is 4.05. The molecule has 2 aromatic carbocycles. The van der Waals surface area contributed by atoms with Gasteiger partial charge in [0, 0.05) is 18.8 Å². The molecule has 2 rings (SSSR count). The van der Waals surface area contributed by atoms with E-state index in [0.717, 1.165) is 6.07 Å². The van der Waals surface area contributed by atoms with E-state index >= 15 is 0 Å². The molecule has 0 fully saturated rings. The summed E-state index contributed by atoms with van der Waals surface area (Å²) in [4.78, 5) is 13.4. The molecule has 0 bridgehead atoms. The first-order valence-corrected chi connectivity index (χ1v) is 5.58. The molecule has 0 unspecified atom stereocenters. The standard InChI is InChI=1S/C14H12F2N2O/c1-18(9-5-3-2-4-6-9)14(19)10-7-13(17)12(16)8-11(10)15/h2-8H,17H2,1H3. The zero-order chi connectivity index (χ0) is 14.0. The van der Waals surface area contributed by atoms with Gasteiger partial charge in [0.25, 0.3) is 5.91 Å². The molecule has 19 heavy (non-hydrogen) atoms. The van der Waals surface area contributed by atoms with Crippen LogP contribution in [0.25, 0.3) is 0 Å². The predicted molar refractivity (Wildman–Crippen MR) is 69.9 cm³/mol. The lowest BCUT2D eigenvalue weighted by Crippen LogP contribution is -2.27. The Morgan fingerprint density at radius 3 is 2.37 bits per heavy atom. The van der Waals surface area contributed by atoms with Crippen LogP contribution in [-0.2, 0) is 0 Å². The maximum atomic E-state index is 13.6. The van der Waals surface area contributed by atoms with Crippen molar-refractivity contribution in [2.45, 2.75) is 0 Å². The summed E-state index contributed by atoms with van der Waals surface area (Å²) in [7, 11) is 1.51. The largest absolute Gasteiger partial charge is 0.396 e. The molecule has 0 heterocycles. The normalized spacial score (nSPS) is 10.3.